The van der Waals surface area contributed by atoms with Crippen molar-refractivity contribution in [3.63, 3.8) is 0 Å². The van der Waals surface area contributed by atoms with Crippen LogP contribution in [0.2, 0.25) is 0 Å². The van der Waals surface area contributed by atoms with Gasteiger partial charge in [-0.1, -0.05) is 73.7 Å². The van der Waals surface area contributed by atoms with Crippen LogP contribution in [0.15, 0.2) is 114 Å². The Bertz CT molecular complexity index is 1970. The molecule has 0 amide bonds. The average Bonchev–Trinajstić information content (AvgIpc) is 3.09. The van der Waals surface area contributed by atoms with E-state index in [-0.39, 0.29) is 35.4 Å². The predicted molar refractivity (Wildman–Crippen MR) is 183 cm³/mol. The molecule has 5 atom stereocenters. The summed E-state index contributed by atoms with van der Waals surface area (Å²) >= 11 is 0. The van der Waals surface area contributed by atoms with Crippen LogP contribution in [0.5, 0.6) is 5.75 Å². The molecule has 1 aromatic heterocycles. The van der Waals surface area contributed by atoms with E-state index >= 15 is 0 Å². The number of aromatic nitrogens is 1. The molecule has 4 aromatic carbocycles. The minimum atomic E-state index is -3.98. The van der Waals surface area contributed by atoms with Gasteiger partial charge in [0, 0.05) is 41.8 Å². The van der Waals surface area contributed by atoms with Crippen LogP contribution in [0, 0.1) is 5.92 Å². The number of likely N-dealkylation sites (N-methyl/N-ethyl adjacent to an activating group) is 1. The highest BCUT2D eigenvalue weighted by Crippen LogP contribution is 2.42. The lowest BCUT2D eigenvalue weighted by atomic mass is 9.90. The lowest BCUT2D eigenvalue weighted by Gasteiger charge is -2.42. The molecule has 1 saturated heterocycles. The largest absolute Gasteiger partial charge is 0.508 e. The van der Waals surface area contributed by atoms with E-state index in [0.717, 1.165) is 16.5 Å². The summed E-state index contributed by atoms with van der Waals surface area (Å²) in [5, 5.41) is 31.1. The molecule has 10 nitrogen and oxygen atoms in total. The maximum absolute atomic E-state index is 13.5. The Morgan fingerprint density at radius 2 is 1.67 bits per heavy atom. The number of hydrogen-bond acceptors (Lipinski definition) is 9. The van der Waals surface area contributed by atoms with Gasteiger partial charge >= 0.3 is 0 Å². The number of phenols is 1. The topological polar surface area (TPSA) is 141 Å². The fourth-order valence-electron chi connectivity index (χ4n) is 6.09. The van der Waals surface area contributed by atoms with Gasteiger partial charge in [-0.2, -0.15) is 0 Å². The molecule has 0 saturated carbocycles. The Hall–Kier alpha value is -4.36. The number of aliphatic hydroxyl groups is 2. The molecule has 1 aliphatic heterocycles. The Morgan fingerprint density at radius 1 is 0.917 bits per heavy atom. The number of nitrogens with zero attached hydrogens (tertiary/aromatic N) is 2. The van der Waals surface area contributed by atoms with Crippen molar-refractivity contribution in [2.45, 2.75) is 43.0 Å². The normalized spacial score (nSPS) is 20.5. The summed E-state index contributed by atoms with van der Waals surface area (Å²) in [7, 11) is -2.08. The number of aromatic hydroxyl groups is 1. The molecule has 6 rings (SSSR count). The second-order valence-corrected chi connectivity index (χ2v) is 13.9. The molecule has 0 bridgehead atoms. The van der Waals surface area contributed by atoms with E-state index in [1.807, 2.05) is 61.3 Å². The standard InChI is InChI=1S/C37H39N3O7S/c1-24-33(22-40(2)21-32(43)28-8-4-12-31(42)20-28)46-37(47-36(24)27-16-14-25(23-41)15-17-27)29-9-3-11-30(19-29)39-48(44,45)34-13-5-7-26-10-6-18-38-35(26)34/h3-20,24,32-33,36-37,39,41-43H,21-23H2,1-2H3. The molecule has 0 radical (unpaired) electrons. The highest BCUT2D eigenvalue weighted by Gasteiger charge is 2.39. The van der Waals surface area contributed by atoms with E-state index in [9.17, 15) is 23.7 Å². The quantitative estimate of drug-likeness (QED) is 0.140. The first-order valence-electron chi connectivity index (χ1n) is 15.7. The van der Waals surface area contributed by atoms with E-state index in [1.165, 1.54) is 6.07 Å². The minimum absolute atomic E-state index is 0.0699. The van der Waals surface area contributed by atoms with Crippen LogP contribution in [0.1, 0.15) is 47.7 Å². The Morgan fingerprint density at radius 3 is 2.44 bits per heavy atom. The van der Waals surface area contributed by atoms with Crippen LogP contribution in [-0.4, -0.2) is 59.9 Å². The van der Waals surface area contributed by atoms with Crippen molar-refractivity contribution in [1.29, 1.82) is 0 Å². The number of fused-ring (bicyclic) bond motifs is 1. The summed E-state index contributed by atoms with van der Waals surface area (Å²) in [6, 6.07) is 29.7. The van der Waals surface area contributed by atoms with Crippen LogP contribution in [0.3, 0.4) is 0 Å². The molecule has 1 fully saturated rings. The third kappa shape index (κ3) is 7.52. The first kappa shape index (κ1) is 33.5. The molecule has 5 aromatic rings. The van der Waals surface area contributed by atoms with Crippen molar-refractivity contribution in [3.8, 4) is 5.75 Å². The highest BCUT2D eigenvalue weighted by atomic mass is 32.2. The smallest absolute Gasteiger partial charge is 0.264 e. The molecule has 2 heterocycles. The number of aliphatic hydroxyl groups excluding tert-OH is 2. The fourth-order valence-corrected chi connectivity index (χ4v) is 7.32. The molecule has 5 unspecified atom stereocenters. The monoisotopic (exact) mass is 669 g/mol. The summed E-state index contributed by atoms with van der Waals surface area (Å²) < 4.78 is 42.9. The summed E-state index contributed by atoms with van der Waals surface area (Å²) in [5.41, 5.74) is 3.67. The first-order valence-corrected chi connectivity index (χ1v) is 17.2. The lowest BCUT2D eigenvalue weighted by molar-refractivity contribution is -0.276. The van der Waals surface area contributed by atoms with Crippen LogP contribution in [0.4, 0.5) is 5.69 Å². The number of hydrogen-bond donors (Lipinski definition) is 4. The second-order valence-electron chi connectivity index (χ2n) is 12.2. The third-order valence-corrected chi connectivity index (χ3v) is 10.1. The number of anilines is 1. The van der Waals surface area contributed by atoms with Crippen molar-refractivity contribution in [2.75, 3.05) is 24.9 Å². The zero-order chi connectivity index (χ0) is 33.8. The summed E-state index contributed by atoms with van der Waals surface area (Å²) in [5.74, 6) is -0.0195. The van der Waals surface area contributed by atoms with E-state index in [1.54, 1.807) is 60.8 Å². The Labute approximate surface area is 280 Å². The Kier molecular flexibility index (Phi) is 10.1. The Balaban J connectivity index is 1.25. The van der Waals surface area contributed by atoms with Gasteiger partial charge in [-0.15, -0.1) is 0 Å². The summed E-state index contributed by atoms with van der Waals surface area (Å²) in [6.45, 7) is 2.74. The SMILES string of the molecule is CC1C(CN(C)CC(O)c2cccc(O)c2)OC(c2cccc(NS(=O)(=O)c3cccc4cccnc34)c2)OC1c1ccc(CO)cc1. The number of para-hydroxylation sites is 1. The first-order chi connectivity index (χ1) is 23.1. The lowest BCUT2D eigenvalue weighted by Crippen LogP contribution is -2.44. The predicted octanol–water partition coefficient (Wildman–Crippen LogP) is 5.69. The van der Waals surface area contributed by atoms with Crippen LogP contribution in [-0.2, 0) is 26.1 Å². The third-order valence-electron chi connectivity index (χ3n) is 8.65. The van der Waals surface area contributed by atoms with Crippen LogP contribution < -0.4 is 4.72 Å². The molecule has 0 aliphatic carbocycles. The molecule has 11 heteroatoms. The van der Waals surface area contributed by atoms with Gasteiger partial charge in [0.05, 0.1) is 30.4 Å². The summed E-state index contributed by atoms with van der Waals surface area (Å²) in [4.78, 5) is 6.36. The van der Waals surface area contributed by atoms with Crippen molar-refractivity contribution in [3.05, 3.63) is 132 Å². The zero-order valence-corrected chi connectivity index (χ0v) is 27.5. The number of rotatable bonds is 11. The molecule has 1 aliphatic rings. The van der Waals surface area contributed by atoms with Gasteiger partial charge in [-0.25, -0.2) is 8.42 Å². The number of phenolic OH excluding ortho intramolecular Hbond substituents is 1. The average molecular weight is 670 g/mol. The van der Waals surface area contributed by atoms with Gasteiger partial charge in [-0.3, -0.25) is 9.71 Å². The maximum atomic E-state index is 13.5. The molecular formula is C37H39N3O7S. The van der Waals surface area contributed by atoms with Crippen molar-refractivity contribution in [1.82, 2.24) is 9.88 Å². The van der Waals surface area contributed by atoms with Crippen LogP contribution in [0.25, 0.3) is 10.9 Å². The van der Waals surface area contributed by atoms with Crippen molar-refractivity contribution >= 4 is 26.6 Å². The number of sulfonamides is 1. The number of pyridine rings is 1. The number of benzene rings is 4. The van der Waals surface area contributed by atoms with Gasteiger partial charge in [0.25, 0.3) is 10.0 Å². The van der Waals surface area contributed by atoms with Gasteiger partial charge in [0.15, 0.2) is 6.29 Å². The fraction of sp³-hybridized carbons (Fsp3) is 0.270. The molecule has 0 spiro atoms. The van der Waals surface area contributed by atoms with Crippen LogP contribution >= 0.6 is 0 Å². The van der Waals surface area contributed by atoms with Crippen molar-refractivity contribution in [2.24, 2.45) is 5.92 Å². The van der Waals surface area contributed by atoms with Crippen molar-refractivity contribution < 1.29 is 33.2 Å². The van der Waals surface area contributed by atoms with E-state index in [4.69, 9.17) is 9.47 Å². The van der Waals surface area contributed by atoms with E-state index in [2.05, 4.69) is 9.71 Å². The molecular weight excluding hydrogens is 630 g/mol. The van der Waals surface area contributed by atoms with E-state index in [0.29, 0.717) is 35.4 Å². The molecule has 4 N–H and O–H groups in total. The molecule has 250 valence electrons. The number of ether oxygens (including phenoxy) is 2. The van der Waals surface area contributed by atoms with Gasteiger partial charge < -0.3 is 29.7 Å². The van der Waals surface area contributed by atoms with Gasteiger partial charge in [0.1, 0.15) is 10.6 Å². The maximum Gasteiger partial charge on any atom is 0.264 e. The number of nitrogens with one attached hydrogen (secondary N) is 1. The second kappa shape index (κ2) is 14.4. The highest BCUT2D eigenvalue weighted by molar-refractivity contribution is 7.93. The zero-order valence-electron chi connectivity index (χ0n) is 26.7. The van der Waals surface area contributed by atoms with Gasteiger partial charge in [0.2, 0.25) is 0 Å². The van der Waals surface area contributed by atoms with E-state index < -0.39 is 22.4 Å². The summed E-state index contributed by atoms with van der Waals surface area (Å²) in [6.07, 6.45) is -0.809. The molecule has 48 heavy (non-hydrogen) atoms. The minimum Gasteiger partial charge on any atom is -0.508 e. The van der Waals surface area contributed by atoms with Gasteiger partial charge in [-0.05, 0) is 60.1 Å².